The third-order valence-corrected chi connectivity index (χ3v) is 6.38. The van der Waals surface area contributed by atoms with Crippen molar-refractivity contribution in [2.45, 2.75) is 23.6 Å². The van der Waals surface area contributed by atoms with E-state index in [4.69, 9.17) is 4.52 Å². The maximum atomic E-state index is 13.9. The van der Waals surface area contributed by atoms with Crippen LogP contribution in [-0.4, -0.2) is 22.6 Å². The number of anilines is 1. The fourth-order valence-corrected chi connectivity index (χ4v) is 4.68. The summed E-state index contributed by atoms with van der Waals surface area (Å²) in [5, 5.41) is 4.09. The highest BCUT2D eigenvalue weighted by molar-refractivity contribution is 7.99. The van der Waals surface area contributed by atoms with Gasteiger partial charge in [-0.05, 0) is 61.9 Å². The number of benzene rings is 3. The molecular weight excluding hydrogens is 413 g/mol. The maximum absolute atomic E-state index is 13.9. The minimum absolute atomic E-state index is 0.0136. The number of carbonyl (C=O) groups excluding carboxylic acids is 1. The van der Waals surface area contributed by atoms with Crippen molar-refractivity contribution in [2.24, 2.45) is 0 Å². The van der Waals surface area contributed by atoms with Crippen molar-refractivity contribution in [3.8, 4) is 22.8 Å². The van der Waals surface area contributed by atoms with Gasteiger partial charge in [0.2, 0.25) is 5.82 Å². The van der Waals surface area contributed by atoms with E-state index in [2.05, 4.69) is 10.1 Å². The first-order valence-corrected chi connectivity index (χ1v) is 10.7. The molecule has 2 heterocycles. The Morgan fingerprint density at radius 3 is 2.65 bits per heavy atom. The Morgan fingerprint density at radius 2 is 1.84 bits per heavy atom. The van der Waals surface area contributed by atoms with Crippen LogP contribution in [-0.2, 0) is 0 Å². The van der Waals surface area contributed by atoms with Gasteiger partial charge in [-0.25, -0.2) is 4.39 Å². The van der Waals surface area contributed by atoms with Crippen molar-refractivity contribution >= 4 is 23.4 Å². The van der Waals surface area contributed by atoms with E-state index >= 15 is 0 Å². The zero-order chi connectivity index (χ0) is 21.5. The summed E-state index contributed by atoms with van der Waals surface area (Å²) in [7, 11) is 0. The molecule has 5 rings (SSSR count). The largest absolute Gasteiger partial charge is 0.334 e. The van der Waals surface area contributed by atoms with E-state index < -0.39 is 0 Å². The minimum Gasteiger partial charge on any atom is -0.334 e. The molecule has 1 aromatic heterocycles. The van der Waals surface area contributed by atoms with Gasteiger partial charge in [-0.15, -0.1) is 0 Å². The molecule has 5 nitrogen and oxygen atoms in total. The molecule has 0 N–H and O–H groups in total. The second-order valence-corrected chi connectivity index (χ2v) is 8.30. The Bertz CT molecular complexity index is 1320. The van der Waals surface area contributed by atoms with Crippen LogP contribution in [0.15, 0.2) is 75.0 Å². The van der Waals surface area contributed by atoms with E-state index in [0.29, 0.717) is 29.1 Å². The van der Waals surface area contributed by atoms with Crippen LogP contribution in [0.4, 0.5) is 10.1 Å². The Balaban J connectivity index is 1.55. The number of aromatic nitrogens is 2. The standard InChI is InChI=1S/C24H18FN3O2S/c1-3-28-19-11-10-15(13-21(19)31-20-7-5-4-6-17(20)24(28)29)22-26-23(30-27-22)16-9-8-14(2)18(25)12-16/h4-13H,3H2,1-2H3. The molecule has 0 saturated carbocycles. The first-order valence-electron chi connectivity index (χ1n) is 9.88. The fraction of sp³-hybridized carbons (Fsp3) is 0.125. The molecule has 0 fully saturated rings. The highest BCUT2D eigenvalue weighted by Crippen LogP contribution is 2.42. The Labute approximate surface area is 182 Å². The Hall–Kier alpha value is -3.45. The molecule has 0 aliphatic carbocycles. The fourth-order valence-electron chi connectivity index (χ4n) is 3.56. The molecule has 1 aliphatic heterocycles. The second kappa shape index (κ2) is 7.67. The molecule has 7 heteroatoms. The molecular formula is C24H18FN3O2S. The van der Waals surface area contributed by atoms with Crippen LogP contribution in [0, 0.1) is 12.7 Å². The van der Waals surface area contributed by atoms with Crippen LogP contribution in [0.2, 0.25) is 0 Å². The number of amides is 1. The second-order valence-electron chi connectivity index (χ2n) is 7.22. The number of rotatable bonds is 3. The number of fused-ring (bicyclic) bond motifs is 2. The summed E-state index contributed by atoms with van der Waals surface area (Å²) in [6, 6.07) is 18.2. The molecule has 0 unspecified atom stereocenters. The quantitative estimate of drug-likeness (QED) is 0.399. The van der Waals surface area contributed by atoms with Gasteiger partial charge >= 0.3 is 0 Å². The lowest BCUT2D eigenvalue weighted by atomic mass is 10.1. The van der Waals surface area contributed by atoms with Crippen LogP contribution >= 0.6 is 11.8 Å². The summed E-state index contributed by atoms with van der Waals surface area (Å²) in [6.07, 6.45) is 0. The van der Waals surface area contributed by atoms with Crippen LogP contribution in [0.3, 0.4) is 0 Å². The number of hydrogen-bond donors (Lipinski definition) is 0. The third-order valence-electron chi connectivity index (χ3n) is 5.25. The van der Waals surface area contributed by atoms with Crippen molar-refractivity contribution in [1.29, 1.82) is 0 Å². The maximum Gasteiger partial charge on any atom is 0.259 e. The average Bonchev–Trinajstić information content (AvgIpc) is 3.23. The molecule has 1 aliphatic rings. The van der Waals surface area contributed by atoms with Gasteiger partial charge in [0.1, 0.15) is 5.82 Å². The number of carbonyl (C=O) groups is 1. The molecule has 31 heavy (non-hydrogen) atoms. The molecule has 3 aromatic carbocycles. The van der Waals surface area contributed by atoms with Crippen molar-refractivity contribution in [1.82, 2.24) is 10.1 Å². The molecule has 4 aromatic rings. The van der Waals surface area contributed by atoms with Crippen LogP contribution in [0.5, 0.6) is 0 Å². The first-order chi connectivity index (χ1) is 15.0. The van der Waals surface area contributed by atoms with Gasteiger partial charge < -0.3 is 9.42 Å². The average molecular weight is 431 g/mol. The summed E-state index contributed by atoms with van der Waals surface area (Å²) >= 11 is 1.54. The topological polar surface area (TPSA) is 59.2 Å². The van der Waals surface area contributed by atoms with E-state index in [0.717, 1.165) is 21.0 Å². The normalized spacial score (nSPS) is 13.0. The van der Waals surface area contributed by atoms with E-state index in [-0.39, 0.29) is 17.6 Å². The van der Waals surface area contributed by atoms with Crippen LogP contribution < -0.4 is 4.90 Å². The van der Waals surface area contributed by atoms with Crippen molar-refractivity contribution in [2.75, 3.05) is 11.4 Å². The summed E-state index contributed by atoms with van der Waals surface area (Å²) in [4.78, 5) is 21.1. The summed E-state index contributed by atoms with van der Waals surface area (Å²) < 4.78 is 19.3. The van der Waals surface area contributed by atoms with Gasteiger partial charge in [0.15, 0.2) is 0 Å². The highest BCUT2D eigenvalue weighted by atomic mass is 32.2. The lowest BCUT2D eigenvalue weighted by Crippen LogP contribution is -2.30. The number of nitrogens with zero attached hydrogens (tertiary/aromatic N) is 3. The highest BCUT2D eigenvalue weighted by Gasteiger charge is 2.26. The molecule has 154 valence electrons. The lowest BCUT2D eigenvalue weighted by Gasteiger charge is -2.21. The summed E-state index contributed by atoms with van der Waals surface area (Å²) in [5.74, 6) is 0.334. The monoisotopic (exact) mass is 431 g/mol. The van der Waals surface area contributed by atoms with Crippen molar-refractivity contribution < 1.29 is 13.7 Å². The first kappa shape index (κ1) is 19.5. The molecule has 0 atom stereocenters. The number of aryl methyl sites for hydroxylation is 1. The Morgan fingerprint density at radius 1 is 1.03 bits per heavy atom. The van der Waals surface area contributed by atoms with E-state index in [9.17, 15) is 9.18 Å². The Kier molecular flexibility index (Phi) is 4.82. The van der Waals surface area contributed by atoms with Gasteiger partial charge in [-0.2, -0.15) is 4.98 Å². The minimum atomic E-state index is -0.318. The van der Waals surface area contributed by atoms with Gasteiger partial charge in [0, 0.05) is 27.5 Å². The van der Waals surface area contributed by atoms with Crippen LogP contribution in [0.25, 0.3) is 22.8 Å². The third kappa shape index (κ3) is 3.41. The molecule has 0 radical (unpaired) electrons. The summed E-state index contributed by atoms with van der Waals surface area (Å²) in [5.41, 5.74) is 3.39. The predicted octanol–water partition coefficient (Wildman–Crippen LogP) is 5.98. The van der Waals surface area contributed by atoms with Crippen molar-refractivity contribution in [3.63, 3.8) is 0 Å². The van der Waals surface area contributed by atoms with Gasteiger partial charge in [0.25, 0.3) is 11.8 Å². The molecule has 0 saturated heterocycles. The van der Waals surface area contributed by atoms with Crippen LogP contribution in [0.1, 0.15) is 22.8 Å². The number of halogens is 1. The SMILES string of the molecule is CCN1C(=O)c2ccccc2Sc2cc(-c3noc(-c4ccc(C)c(F)c4)n3)ccc21. The van der Waals surface area contributed by atoms with E-state index in [1.807, 2.05) is 49.4 Å². The molecule has 0 bridgehead atoms. The summed E-state index contributed by atoms with van der Waals surface area (Å²) in [6.45, 7) is 4.22. The molecule has 1 amide bonds. The van der Waals surface area contributed by atoms with Gasteiger partial charge in [0.05, 0.1) is 11.3 Å². The van der Waals surface area contributed by atoms with Gasteiger partial charge in [-0.1, -0.05) is 35.1 Å². The smallest absolute Gasteiger partial charge is 0.259 e. The lowest BCUT2D eigenvalue weighted by molar-refractivity contribution is 0.0985. The zero-order valence-corrected chi connectivity index (χ0v) is 17.7. The predicted molar refractivity (Wildman–Crippen MR) is 118 cm³/mol. The zero-order valence-electron chi connectivity index (χ0n) is 16.9. The van der Waals surface area contributed by atoms with Gasteiger partial charge in [-0.3, -0.25) is 4.79 Å². The van der Waals surface area contributed by atoms with Crippen molar-refractivity contribution in [3.05, 3.63) is 77.6 Å². The molecule has 0 spiro atoms. The number of hydrogen-bond acceptors (Lipinski definition) is 5. The van der Waals surface area contributed by atoms with E-state index in [1.165, 1.54) is 6.07 Å². The van der Waals surface area contributed by atoms with E-state index in [1.54, 1.807) is 35.7 Å².